The van der Waals surface area contributed by atoms with Crippen molar-refractivity contribution in [1.82, 2.24) is 78.7 Å². The Bertz CT molecular complexity index is 5790. The Morgan fingerprint density at radius 3 is 0.650 bits per heavy atom. The van der Waals surface area contributed by atoms with E-state index in [1.165, 1.54) is 52.7 Å². The predicted octanol–water partition coefficient (Wildman–Crippen LogP) is 10.5. The van der Waals surface area contributed by atoms with Crippen molar-refractivity contribution in [3.63, 3.8) is 0 Å². The molecule has 4 saturated heterocycles. The number of nitrogens with one attached hydrogen (secondary N) is 4. The summed E-state index contributed by atoms with van der Waals surface area (Å²) in [5, 5.41) is 10.5. The first-order chi connectivity index (χ1) is 67.4. The number of benzene rings is 4. The standard InChI is InChI=1S/4C25H28F2N4O4/c4*1-3-29-13-16-11-18(30-8-4-5-9-30)20-19(22(32)23(35-2)21(25(29)34)31(16)20)24(33)28-12-14-6-7-15(26)10-17(14)27/h4*6-7,10,16,18H,3-5,8-9,11-13H2,1-2H3,(H,28,33)/t4*16-,18?/m1100/s1. The molecular weight excluding hydrogens is 1830 g/mol. The van der Waals surface area contributed by atoms with Gasteiger partial charge in [-0.05, 0) is 181 Å². The van der Waals surface area contributed by atoms with Crippen LogP contribution >= 0.6 is 0 Å². The molecule has 4 aromatic heterocycles. The van der Waals surface area contributed by atoms with E-state index in [1.807, 2.05) is 46.0 Å². The monoisotopic (exact) mass is 1940 g/mol. The van der Waals surface area contributed by atoms with Crippen molar-refractivity contribution in [3.05, 3.63) is 250 Å². The second-order valence-electron chi connectivity index (χ2n) is 37.0. The third kappa shape index (κ3) is 17.9. The van der Waals surface area contributed by atoms with Gasteiger partial charge in [0.1, 0.15) is 68.8 Å². The minimum Gasteiger partial charge on any atom is -0.491 e. The molecule has 0 aliphatic carbocycles. The number of hydrogen-bond acceptors (Lipinski definition) is 20. The highest BCUT2D eigenvalue weighted by Gasteiger charge is 2.53. The second kappa shape index (κ2) is 41.0. The quantitative estimate of drug-likeness (QED) is 0.0408. The molecule has 8 amide bonds. The van der Waals surface area contributed by atoms with E-state index < -0.39 is 91.9 Å². The number of amides is 8. The van der Waals surface area contributed by atoms with Crippen LogP contribution < -0.4 is 61.9 Å². The van der Waals surface area contributed by atoms with Crippen LogP contribution in [0.5, 0.6) is 23.0 Å². The summed E-state index contributed by atoms with van der Waals surface area (Å²) in [7, 11) is 5.26. The summed E-state index contributed by atoms with van der Waals surface area (Å²) < 4.78 is 139. The number of likely N-dealkylation sites (N-methyl/N-ethyl adjacent to an activating group) is 4. The molecule has 0 saturated carbocycles. The van der Waals surface area contributed by atoms with E-state index in [9.17, 15) is 92.7 Å². The summed E-state index contributed by atoms with van der Waals surface area (Å²) in [4.78, 5) is 177. The first-order valence-electron chi connectivity index (χ1n) is 47.9. The van der Waals surface area contributed by atoms with Gasteiger partial charge in [-0.2, -0.15) is 0 Å². The molecule has 12 aliphatic heterocycles. The van der Waals surface area contributed by atoms with Gasteiger partial charge in [0.25, 0.3) is 47.3 Å². The zero-order valence-corrected chi connectivity index (χ0v) is 79.1. The molecule has 0 radical (unpaired) electrons. The van der Waals surface area contributed by atoms with E-state index in [-0.39, 0.29) is 188 Å². The maximum absolute atomic E-state index is 14.1. The Balaban J connectivity index is 0.000000129. The van der Waals surface area contributed by atoms with Gasteiger partial charge >= 0.3 is 0 Å². The van der Waals surface area contributed by atoms with Crippen LogP contribution in [0.4, 0.5) is 35.1 Å². The van der Waals surface area contributed by atoms with Crippen LogP contribution in [-0.2, 0) is 26.2 Å². The third-order valence-electron chi connectivity index (χ3n) is 29.4. The highest BCUT2D eigenvalue weighted by Crippen LogP contribution is 2.51. The first kappa shape index (κ1) is 98.5. The van der Waals surface area contributed by atoms with Crippen molar-refractivity contribution < 1.29 is 92.4 Å². The topological polar surface area (TPSA) is 336 Å². The third-order valence-corrected chi connectivity index (χ3v) is 29.4. The fourth-order valence-corrected chi connectivity index (χ4v) is 22.8. The fourth-order valence-electron chi connectivity index (χ4n) is 22.8. The van der Waals surface area contributed by atoms with E-state index in [1.54, 1.807) is 19.6 Å². The fraction of sp³-hybridized carbons (Fsp3) is 0.480. The number of pyridine rings is 4. The largest absolute Gasteiger partial charge is 0.491 e. The maximum Gasteiger partial charge on any atom is 0.274 e. The number of rotatable bonds is 24. The van der Waals surface area contributed by atoms with Crippen LogP contribution in [0.2, 0.25) is 0 Å². The molecule has 0 spiro atoms. The van der Waals surface area contributed by atoms with Gasteiger partial charge in [0.2, 0.25) is 21.7 Å². The van der Waals surface area contributed by atoms with Gasteiger partial charge in [0, 0.05) is 125 Å². The minimum atomic E-state index is -0.783. The van der Waals surface area contributed by atoms with E-state index in [0.29, 0.717) is 101 Å². The normalized spacial score (nSPS) is 21.4. The molecule has 12 aliphatic rings. The molecule has 0 bridgehead atoms. The van der Waals surface area contributed by atoms with Crippen LogP contribution in [0.25, 0.3) is 0 Å². The zero-order valence-electron chi connectivity index (χ0n) is 79.1. The lowest BCUT2D eigenvalue weighted by Crippen LogP contribution is -2.45. The Morgan fingerprint density at radius 2 is 0.486 bits per heavy atom. The number of methoxy groups -OCH3 is 4. The van der Waals surface area contributed by atoms with Crippen molar-refractivity contribution in [1.29, 1.82) is 0 Å². The van der Waals surface area contributed by atoms with Crippen molar-refractivity contribution >= 4 is 47.3 Å². The van der Waals surface area contributed by atoms with Gasteiger partial charge in [-0.1, -0.05) is 24.3 Å². The summed E-state index contributed by atoms with van der Waals surface area (Å²) in [5.74, 6) is -10.4. The van der Waals surface area contributed by atoms with Crippen molar-refractivity contribution in [2.24, 2.45) is 0 Å². The number of carbonyl (C=O) groups excluding carboxylic acids is 8. The molecule has 744 valence electrons. The lowest BCUT2D eigenvalue weighted by atomic mass is 10.0. The van der Waals surface area contributed by atoms with Gasteiger partial charge < -0.3 is 78.1 Å². The molecule has 140 heavy (non-hydrogen) atoms. The van der Waals surface area contributed by atoms with Crippen molar-refractivity contribution in [2.45, 2.75) is 179 Å². The van der Waals surface area contributed by atoms with Crippen LogP contribution in [0.15, 0.2) is 92.0 Å². The molecule has 40 heteroatoms. The van der Waals surface area contributed by atoms with E-state index >= 15 is 0 Å². The highest BCUT2D eigenvalue weighted by molar-refractivity contribution is 6.04. The van der Waals surface area contributed by atoms with Crippen molar-refractivity contribution in [2.75, 3.05) is 133 Å². The highest BCUT2D eigenvalue weighted by atomic mass is 19.2. The molecule has 4 fully saturated rings. The lowest BCUT2D eigenvalue weighted by Gasteiger charge is -2.34. The molecule has 4 N–H and O–H groups in total. The average molecular weight is 1950 g/mol. The Labute approximate surface area is 800 Å². The first-order valence-corrected chi connectivity index (χ1v) is 47.9. The molecule has 20 rings (SSSR count). The predicted molar refractivity (Wildman–Crippen MR) is 494 cm³/mol. The van der Waals surface area contributed by atoms with Gasteiger partial charge in [-0.3, -0.25) is 77.1 Å². The van der Waals surface area contributed by atoms with Gasteiger partial charge in [-0.25, -0.2) is 35.1 Å². The van der Waals surface area contributed by atoms with Crippen molar-refractivity contribution in [3.8, 4) is 23.0 Å². The number of nitrogens with zero attached hydrogens (tertiary/aromatic N) is 12. The number of hydrogen-bond donors (Lipinski definition) is 4. The summed E-state index contributed by atoms with van der Waals surface area (Å²) in [6, 6.07) is 11.4. The average Bonchev–Trinajstić information content (AvgIpc) is 1.56. The summed E-state index contributed by atoms with van der Waals surface area (Å²) in [5.41, 5.74) is 0.346. The van der Waals surface area contributed by atoms with Gasteiger partial charge in [-0.15, -0.1) is 0 Å². The Hall–Kier alpha value is -13.1. The van der Waals surface area contributed by atoms with E-state index in [2.05, 4.69) is 40.9 Å². The number of aromatic nitrogens is 4. The molecule has 8 atom stereocenters. The summed E-state index contributed by atoms with van der Waals surface area (Å²) >= 11 is 0. The molecule has 32 nitrogen and oxygen atoms in total. The summed E-state index contributed by atoms with van der Waals surface area (Å²) in [6.07, 6.45) is 10.9. The number of ether oxygens (including phenoxy) is 4. The second-order valence-corrected chi connectivity index (χ2v) is 37.0. The zero-order chi connectivity index (χ0) is 99.4. The molecule has 8 aromatic rings. The van der Waals surface area contributed by atoms with Crippen LogP contribution in [0.3, 0.4) is 0 Å². The Morgan fingerprint density at radius 1 is 0.300 bits per heavy atom. The van der Waals surface area contributed by atoms with E-state index in [4.69, 9.17) is 18.9 Å². The maximum atomic E-state index is 14.1. The minimum absolute atomic E-state index is 0.0785. The van der Waals surface area contributed by atoms with Crippen LogP contribution in [0, 0.1) is 46.5 Å². The lowest BCUT2D eigenvalue weighted by molar-refractivity contribution is 0.0665. The number of likely N-dealkylation sites (tertiary alicyclic amines) is 4. The van der Waals surface area contributed by atoms with Crippen LogP contribution in [-0.4, -0.2) is 238 Å². The van der Waals surface area contributed by atoms with Crippen LogP contribution in [0.1, 0.15) is 281 Å². The number of halogens is 8. The SMILES string of the molecule is CCN1C[C@@H]2CC(N3CCCC3)c3c(C(=O)NCc4ccc(F)cc4F)c(=O)c(OC)c(n32)C1=O.CCN1C[C@@H]2CC(N3CCCC3)c3c(C(=O)NCc4ccc(F)cc4F)c(=O)c(OC)c(n32)C1=O.CCN1C[C@H]2CC(N3CCCC3)c3c(C(=O)NCc4ccc(F)cc4F)c(=O)c(OC)c(n32)C1=O.CCN1C[C@H]2CC(N3CCCC3)c3c(C(=O)NCc4ccc(F)cc4F)c(=O)c(OC)c(n32)C1=O. The summed E-state index contributed by atoms with van der Waals surface area (Å²) in [6.45, 7) is 17.5. The van der Waals surface area contributed by atoms with Gasteiger partial charge in [0.05, 0.1) is 99.5 Å². The Kier molecular flexibility index (Phi) is 28.9. The molecular formula is C100H112F8N16O16. The molecule has 4 unspecified atom stereocenters. The van der Waals surface area contributed by atoms with Gasteiger partial charge in [0.15, 0.2) is 45.8 Å². The smallest absolute Gasteiger partial charge is 0.274 e. The molecule has 16 heterocycles. The van der Waals surface area contributed by atoms with E-state index in [0.717, 1.165) is 152 Å². The molecule has 4 aromatic carbocycles. The number of carbonyl (C=O) groups is 8.